The summed E-state index contributed by atoms with van der Waals surface area (Å²) in [6.07, 6.45) is 8.30. The lowest BCUT2D eigenvalue weighted by Gasteiger charge is -2.43. The Labute approximate surface area is 167 Å². The number of carbonyl (C=O) groups excluding carboxylic acids is 1. The number of likely N-dealkylation sites (N-methyl/N-ethyl adjacent to an activating group) is 1. The number of carbonyl (C=O) groups is 1. The zero-order valence-electron chi connectivity index (χ0n) is 17.0. The van der Waals surface area contributed by atoms with Crippen molar-refractivity contribution in [3.8, 4) is 0 Å². The van der Waals surface area contributed by atoms with Crippen LogP contribution in [0.25, 0.3) is 0 Å². The second-order valence-electron chi connectivity index (χ2n) is 8.34. The fourth-order valence-corrected chi connectivity index (χ4v) is 5.00. The van der Waals surface area contributed by atoms with Crippen LogP contribution >= 0.6 is 0 Å². The van der Waals surface area contributed by atoms with Crippen LogP contribution in [0.2, 0.25) is 0 Å². The highest BCUT2D eigenvalue weighted by Gasteiger charge is 2.46. The molecule has 2 aliphatic rings. The first-order chi connectivity index (χ1) is 13.6. The number of likely N-dealkylation sites (tertiary alicyclic amines) is 2. The Hall–Kier alpha value is -2.27. The quantitative estimate of drug-likeness (QED) is 0.817. The van der Waals surface area contributed by atoms with Gasteiger partial charge in [0.25, 0.3) is 5.91 Å². The third kappa shape index (κ3) is 3.55. The van der Waals surface area contributed by atoms with Crippen molar-refractivity contribution in [3.63, 3.8) is 0 Å². The number of amides is 1. The molecule has 0 aliphatic carbocycles. The molecular formula is C23H30N4O. The molecule has 1 atom stereocenters. The third-order valence-corrected chi connectivity index (χ3v) is 6.69. The highest BCUT2D eigenvalue weighted by molar-refractivity contribution is 5.95. The number of aromatic nitrogens is 2. The molecule has 1 aromatic carbocycles. The van der Waals surface area contributed by atoms with Crippen molar-refractivity contribution in [1.82, 2.24) is 19.8 Å². The van der Waals surface area contributed by atoms with E-state index in [1.807, 2.05) is 4.90 Å². The first-order valence-electron chi connectivity index (χ1n) is 10.5. The number of hydrogen-bond acceptors (Lipinski definition) is 4. The second kappa shape index (κ2) is 8.00. The number of benzene rings is 1. The molecule has 0 radical (unpaired) electrons. The van der Waals surface area contributed by atoms with Crippen LogP contribution in [0.5, 0.6) is 0 Å². The van der Waals surface area contributed by atoms with Gasteiger partial charge >= 0.3 is 0 Å². The molecular weight excluding hydrogens is 348 g/mol. The molecule has 2 aliphatic heterocycles. The summed E-state index contributed by atoms with van der Waals surface area (Å²) in [4.78, 5) is 26.1. The molecule has 0 bridgehead atoms. The molecule has 148 valence electrons. The maximum Gasteiger partial charge on any atom is 0.257 e. The lowest BCUT2D eigenvalue weighted by Crippen LogP contribution is -2.52. The van der Waals surface area contributed by atoms with Crippen molar-refractivity contribution < 1.29 is 4.79 Å². The van der Waals surface area contributed by atoms with Gasteiger partial charge in [-0.3, -0.25) is 9.69 Å². The van der Waals surface area contributed by atoms with Gasteiger partial charge in [0, 0.05) is 31.4 Å². The van der Waals surface area contributed by atoms with Crippen LogP contribution < -0.4 is 0 Å². The standard InChI is InChI=1S/C23H30N4O/c1-3-7-21-20(15-24-17-25-21)22(28)27-12-10-23(11-13-27)14-19(16-26(23)2)18-8-5-4-6-9-18/h4-6,8-9,15,17,19H,3,7,10-14,16H2,1-2H3. The normalized spacial score (nSPS) is 21.9. The number of hydrogen-bond donors (Lipinski definition) is 0. The molecule has 5 heteroatoms. The maximum absolute atomic E-state index is 13.1. The van der Waals surface area contributed by atoms with Crippen molar-refractivity contribution >= 4 is 5.91 Å². The van der Waals surface area contributed by atoms with Crippen LogP contribution in [0.4, 0.5) is 0 Å². The fraction of sp³-hybridized carbons (Fsp3) is 0.522. The predicted octanol–water partition coefficient (Wildman–Crippen LogP) is 3.52. The average molecular weight is 379 g/mol. The van der Waals surface area contributed by atoms with E-state index in [-0.39, 0.29) is 11.4 Å². The minimum Gasteiger partial charge on any atom is -0.338 e. The SMILES string of the molecule is CCCc1ncncc1C(=O)N1CCC2(CC1)CC(c1ccccc1)CN2C. The van der Waals surface area contributed by atoms with Gasteiger partial charge in [-0.2, -0.15) is 0 Å². The zero-order chi connectivity index (χ0) is 19.6. The Balaban J connectivity index is 1.44. The zero-order valence-corrected chi connectivity index (χ0v) is 17.0. The molecule has 0 saturated carbocycles. The summed E-state index contributed by atoms with van der Waals surface area (Å²) in [6.45, 7) is 4.83. The van der Waals surface area contributed by atoms with E-state index >= 15 is 0 Å². The molecule has 2 aromatic rings. The van der Waals surface area contributed by atoms with Crippen molar-refractivity contribution in [2.75, 3.05) is 26.7 Å². The van der Waals surface area contributed by atoms with Crippen molar-refractivity contribution in [3.05, 3.63) is 59.7 Å². The monoisotopic (exact) mass is 378 g/mol. The van der Waals surface area contributed by atoms with Crippen LogP contribution in [0, 0.1) is 0 Å². The van der Waals surface area contributed by atoms with Crippen LogP contribution in [-0.4, -0.2) is 57.9 Å². The Morgan fingerprint density at radius 1 is 1.21 bits per heavy atom. The molecule has 5 nitrogen and oxygen atoms in total. The fourth-order valence-electron chi connectivity index (χ4n) is 5.00. The van der Waals surface area contributed by atoms with E-state index in [1.54, 1.807) is 12.5 Å². The molecule has 2 saturated heterocycles. The smallest absolute Gasteiger partial charge is 0.257 e. The lowest BCUT2D eigenvalue weighted by atomic mass is 9.81. The van der Waals surface area contributed by atoms with Crippen molar-refractivity contribution in [2.45, 2.75) is 50.5 Å². The number of rotatable bonds is 4. The van der Waals surface area contributed by atoms with Gasteiger partial charge in [0.1, 0.15) is 6.33 Å². The number of piperidine rings is 1. The average Bonchev–Trinajstić information content (AvgIpc) is 3.05. The van der Waals surface area contributed by atoms with Gasteiger partial charge in [0.2, 0.25) is 0 Å². The van der Waals surface area contributed by atoms with E-state index < -0.39 is 0 Å². The molecule has 0 N–H and O–H groups in total. The van der Waals surface area contributed by atoms with E-state index in [4.69, 9.17) is 0 Å². The van der Waals surface area contributed by atoms with E-state index in [2.05, 4.69) is 59.2 Å². The van der Waals surface area contributed by atoms with Crippen molar-refractivity contribution in [2.24, 2.45) is 0 Å². The van der Waals surface area contributed by atoms with Gasteiger partial charge in [-0.1, -0.05) is 43.7 Å². The topological polar surface area (TPSA) is 49.3 Å². The Kier molecular flexibility index (Phi) is 5.44. The summed E-state index contributed by atoms with van der Waals surface area (Å²) < 4.78 is 0. The summed E-state index contributed by atoms with van der Waals surface area (Å²) >= 11 is 0. The van der Waals surface area contributed by atoms with Gasteiger partial charge in [-0.05, 0) is 44.2 Å². The molecule has 28 heavy (non-hydrogen) atoms. The van der Waals surface area contributed by atoms with Crippen LogP contribution in [0.3, 0.4) is 0 Å². The molecule has 1 amide bonds. The molecule has 3 heterocycles. The number of aryl methyl sites for hydroxylation is 1. The van der Waals surface area contributed by atoms with Gasteiger partial charge < -0.3 is 4.90 Å². The molecule has 2 fully saturated rings. The molecule has 4 rings (SSSR count). The van der Waals surface area contributed by atoms with Gasteiger partial charge in [0.15, 0.2) is 0 Å². The van der Waals surface area contributed by atoms with Gasteiger partial charge in [0.05, 0.1) is 11.3 Å². The van der Waals surface area contributed by atoms with E-state index in [0.29, 0.717) is 11.5 Å². The Bertz CT molecular complexity index is 814. The van der Waals surface area contributed by atoms with E-state index in [0.717, 1.165) is 51.0 Å². The molecule has 1 spiro atoms. The summed E-state index contributed by atoms with van der Waals surface area (Å²) in [7, 11) is 2.25. The summed E-state index contributed by atoms with van der Waals surface area (Å²) in [5.74, 6) is 0.686. The lowest BCUT2D eigenvalue weighted by molar-refractivity contribution is 0.0490. The minimum atomic E-state index is 0.0964. The first-order valence-corrected chi connectivity index (χ1v) is 10.5. The predicted molar refractivity (Wildman–Crippen MR) is 110 cm³/mol. The number of nitrogens with zero attached hydrogens (tertiary/aromatic N) is 4. The molecule has 1 unspecified atom stereocenters. The van der Waals surface area contributed by atoms with Crippen LogP contribution in [-0.2, 0) is 6.42 Å². The van der Waals surface area contributed by atoms with E-state index in [1.165, 1.54) is 12.0 Å². The molecule has 1 aromatic heterocycles. The summed E-state index contributed by atoms with van der Waals surface area (Å²) in [5.41, 5.74) is 3.22. The third-order valence-electron chi connectivity index (χ3n) is 6.69. The van der Waals surface area contributed by atoms with Crippen molar-refractivity contribution in [1.29, 1.82) is 0 Å². The maximum atomic E-state index is 13.1. The summed E-state index contributed by atoms with van der Waals surface area (Å²) in [6, 6.07) is 10.9. The summed E-state index contributed by atoms with van der Waals surface area (Å²) in [5, 5.41) is 0. The largest absolute Gasteiger partial charge is 0.338 e. The van der Waals surface area contributed by atoms with E-state index in [9.17, 15) is 4.79 Å². The second-order valence-corrected chi connectivity index (χ2v) is 8.34. The van der Waals surface area contributed by atoms with Gasteiger partial charge in [-0.15, -0.1) is 0 Å². The van der Waals surface area contributed by atoms with Crippen LogP contribution in [0.1, 0.15) is 60.1 Å². The Morgan fingerprint density at radius 2 is 1.96 bits per heavy atom. The first kappa shape index (κ1) is 19.1. The van der Waals surface area contributed by atoms with Gasteiger partial charge in [-0.25, -0.2) is 9.97 Å². The highest BCUT2D eigenvalue weighted by atomic mass is 16.2. The minimum absolute atomic E-state index is 0.0964. The highest BCUT2D eigenvalue weighted by Crippen LogP contribution is 2.44. The Morgan fingerprint density at radius 3 is 2.68 bits per heavy atom. The van der Waals surface area contributed by atoms with Crippen LogP contribution in [0.15, 0.2) is 42.9 Å².